The molecule has 5 aromatic rings. The number of aromatic amines is 1. The Labute approximate surface area is 359 Å². The molecule has 17 heteroatoms. The van der Waals surface area contributed by atoms with Crippen LogP contribution in [0.1, 0.15) is 66.1 Å². The summed E-state index contributed by atoms with van der Waals surface area (Å²) in [4.78, 5) is 37.6. The molecule has 5 aliphatic rings. The average molecular weight is 864 g/mol. The lowest BCUT2D eigenvalue weighted by Crippen LogP contribution is -2.54. The van der Waals surface area contributed by atoms with Crippen molar-refractivity contribution < 1.29 is 37.1 Å². The molecule has 1 spiro atoms. The molecule has 6 heterocycles. The summed E-state index contributed by atoms with van der Waals surface area (Å²) in [6, 6.07) is 20.2. The first-order valence-corrected chi connectivity index (χ1v) is 22.8. The fourth-order valence-electron chi connectivity index (χ4n) is 10.1. The third-order valence-electron chi connectivity index (χ3n) is 13.5. The number of pyridine rings is 1. The highest BCUT2D eigenvalue weighted by molar-refractivity contribution is 7.90. The van der Waals surface area contributed by atoms with Gasteiger partial charge in [-0.1, -0.05) is 24.3 Å². The van der Waals surface area contributed by atoms with Gasteiger partial charge in [0.2, 0.25) is 0 Å². The zero-order chi connectivity index (χ0) is 42.6. The maximum Gasteiger partial charge on any atom is 0.297 e. The number of aryl methyl sites for hydroxylation is 1. The van der Waals surface area contributed by atoms with E-state index in [9.17, 15) is 23.3 Å². The highest BCUT2D eigenvalue weighted by Crippen LogP contribution is 2.54. The fraction of sp³-hybridized carbons (Fsp3) is 0.422. The van der Waals surface area contributed by atoms with Crippen LogP contribution in [0.2, 0.25) is 0 Å². The molecule has 62 heavy (non-hydrogen) atoms. The molecule has 0 radical (unpaired) electrons. The topological polar surface area (TPSA) is 190 Å². The molecule has 3 N–H and O–H groups in total. The number of carbonyl (C=O) groups is 1. The van der Waals surface area contributed by atoms with Crippen LogP contribution in [0.25, 0.3) is 11.0 Å². The van der Waals surface area contributed by atoms with Crippen LogP contribution in [0.5, 0.6) is 17.2 Å². The fourth-order valence-corrected chi connectivity index (χ4v) is 11.1. The molecule has 3 saturated heterocycles. The van der Waals surface area contributed by atoms with Crippen molar-refractivity contribution in [2.75, 3.05) is 56.3 Å². The minimum Gasteiger partial charge on any atom is -0.489 e. The number of aromatic nitrogens is 2. The quantitative estimate of drug-likeness (QED) is 0.0976. The summed E-state index contributed by atoms with van der Waals surface area (Å²) in [7, 11) is -4.66. The predicted octanol–water partition coefficient (Wildman–Crippen LogP) is 6.86. The summed E-state index contributed by atoms with van der Waals surface area (Å²) in [6.45, 7) is 6.18. The summed E-state index contributed by atoms with van der Waals surface area (Å²) in [5.74, 6) is -0.519. The predicted molar refractivity (Wildman–Crippen MR) is 231 cm³/mol. The molecule has 1 amide bonds. The van der Waals surface area contributed by atoms with Crippen LogP contribution >= 0.6 is 0 Å². The number of carbonyl (C=O) groups excluding carboxylic acids is 1. The highest BCUT2D eigenvalue weighted by Gasteiger charge is 2.50. The Kier molecular flexibility index (Phi) is 10.5. The molecular formula is C45H49N7O9S. The molecule has 0 unspecified atom stereocenters. The van der Waals surface area contributed by atoms with E-state index in [1.54, 1.807) is 30.5 Å². The van der Waals surface area contributed by atoms with Crippen molar-refractivity contribution >= 4 is 44.0 Å². The number of amides is 1. The molecule has 2 aromatic heterocycles. The number of anilines is 2. The maximum absolute atomic E-state index is 14.0. The lowest BCUT2D eigenvalue weighted by molar-refractivity contribution is -0.384. The van der Waals surface area contributed by atoms with E-state index in [1.165, 1.54) is 49.1 Å². The van der Waals surface area contributed by atoms with E-state index >= 15 is 0 Å². The van der Waals surface area contributed by atoms with Crippen LogP contribution in [0.15, 0.2) is 84.0 Å². The highest BCUT2D eigenvalue weighted by atomic mass is 32.2. The first kappa shape index (κ1) is 40.3. The molecule has 1 aliphatic carbocycles. The number of hydrogen-bond acceptors (Lipinski definition) is 13. The lowest BCUT2D eigenvalue weighted by atomic mass is 9.59. The van der Waals surface area contributed by atoms with Crippen LogP contribution < -0.4 is 24.4 Å². The molecule has 324 valence electrons. The Morgan fingerprint density at radius 2 is 1.87 bits per heavy atom. The molecular weight excluding hydrogens is 815 g/mol. The van der Waals surface area contributed by atoms with Crippen molar-refractivity contribution in [2.24, 2.45) is 5.41 Å². The van der Waals surface area contributed by atoms with E-state index < -0.39 is 43.6 Å². The number of sulfonamides is 1. The lowest BCUT2D eigenvalue weighted by Gasteiger charge is -2.56. The zero-order valence-corrected chi connectivity index (χ0v) is 35.2. The van der Waals surface area contributed by atoms with Crippen molar-refractivity contribution in [2.45, 2.75) is 74.6 Å². The Balaban J connectivity index is 0.866. The van der Waals surface area contributed by atoms with Crippen LogP contribution in [0.4, 0.5) is 17.1 Å². The molecule has 3 atom stereocenters. The van der Waals surface area contributed by atoms with E-state index in [4.69, 9.17) is 18.9 Å². The number of nitro groups is 1. The van der Waals surface area contributed by atoms with Gasteiger partial charge in [0.05, 0.1) is 47.4 Å². The van der Waals surface area contributed by atoms with Gasteiger partial charge in [-0.05, 0) is 92.8 Å². The second-order valence-corrected chi connectivity index (χ2v) is 18.9. The standard InChI is InChI=1S/C45H49N7O9S/c1-28-5-2-3-6-34(28)37-7-4-14-51(37)31-23-45(24-31)11-15-50(16-12-45)30-8-9-35(39(20-30)61-32-19-29-10-13-46-43(29)47-25-32)44(53)49-62(56,57)33-21-38(52(54)55)42-40(22-33)60-26-36(48-42)41-27-58-17-18-59-41/h2-3,5-6,8-10,13,19-22,25,31,36-37,41,48H,4,7,11-12,14-18,23-24,26-27H2,1H3,(H,46,47)(H,49,53)/t36-,37+,41-/m1/s1. The van der Waals surface area contributed by atoms with E-state index in [0.29, 0.717) is 42.1 Å². The van der Waals surface area contributed by atoms with Gasteiger partial charge in [-0.2, -0.15) is 0 Å². The first-order valence-electron chi connectivity index (χ1n) is 21.3. The van der Waals surface area contributed by atoms with Crippen LogP contribution in [-0.4, -0.2) is 98.4 Å². The summed E-state index contributed by atoms with van der Waals surface area (Å²) < 4.78 is 53.3. The SMILES string of the molecule is Cc1ccccc1[C@@H]1CCCN1C1CC2(CCN(c3ccc(C(=O)NS(=O)(=O)c4cc5c(c([N+](=O)[O-])c4)N[C@@H]([C@H]4COCCO4)CO5)c(Oc4cnc5[nH]ccc5c4)c3)CC2)C1. The number of hydrogen-bond donors (Lipinski definition) is 3. The molecule has 1 saturated carbocycles. The number of likely N-dealkylation sites (tertiary alicyclic amines) is 1. The van der Waals surface area contributed by atoms with Crippen LogP contribution in [-0.2, 0) is 19.5 Å². The number of nitrogens with one attached hydrogen (secondary N) is 3. The number of fused-ring (bicyclic) bond motifs is 2. The minimum absolute atomic E-state index is 0.0177. The van der Waals surface area contributed by atoms with Crippen LogP contribution in [0, 0.1) is 22.5 Å². The van der Waals surface area contributed by atoms with Crippen LogP contribution in [0.3, 0.4) is 0 Å². The number of ether oxygens (including phenoxy) is 4. The van der Waals surface area contributed by atoms with Gasteiger partial charge in [-0.15, -0.1) is 0 Å². The third kappa shape index (κ3) is 7.71. The zero-order valence-electron chi connectivity index (χ0n) is 34.4. The van der Waals surface area contributed by atoms with Crippen molar-refractivity contribution in [1.29, 1.82) is 0 Å². The summed E-state index contributed by atoms with van der Waals surface area (Å²) in [5.41, 5.74) is 4.09. The number of benzene rings is 3. The number of nitrogens with zero attached hydrogens (tertiary/aromatic N) is 4. The Morgan fingerprint density at radius 3 is 2.66 bits per heavy atom. The monoisotopic (exact) mass is 863 g/mol. The molecule has 0 bridgehead atoms. The van der Waals surface area contributed by atoms with E-state index in [-0.39, 0.29) is 36.0 Å². The summed E-state index contributed by atoms with van der Waals surface area (Å²) in [5, 5.41) is 16.1. The Morgan fingerprint density at radius 1 is 1.03 bits per heavy atom. The van der Waals surface area contributed by atoms with E-state index in [0.717, 1.165) is 49.6 Å². The van der Waals surface area contributed by atoms with Crippen molar-refractivity contribution in [1.82, 2.24) is 19.6 Å². The van der Waals surface area contributed by atoms with Gasteiger partial charge >= 0.3 is 0 Å². The van der Waals surface area contributed by atoms with Gasteiger partial charge in [0.15, 0.2) is 11.4 Å². The molecule has 4 aliphatic heterocycles. The van der Waals surface area contributed by atoms with Crippen molar-refractivity contribution in [3.8, 4) is 17.2 Å². The van der Waals surface area contributed by atoms with Gasteiger partial charge < -0.3 is 34.1 Å². The number of piperidine rings is 1. The smallest absolute Gasteiger partial charge is 0.297 e. The number of H-pyrrole nitrogens is 1. The summed E-state index contributed by atoms with van der Waals surface area (Å²) >= 11 is 0. The van der Waals surface area contributed by atoms with Gasteiger partial charge in [-0.25, -0.2) is 18.1 Å². The molecule has 16 nitrogen and oxygen atoms in total. The molecule has 3 aromatic carbocycles. The van der Waals surface area contributed by atoms with E-state index in [2.05, 4.69) is 61.0 Å². The third-order valence-corrected chi connectivity index (χ3v) is 14.8. The first-order chi connectivity index (χ1) is 30.0. The van der Waals surface area contributed by atoms with Gasteiger partial charge in [0, 0.05) is 60.6 Å². The average Bonchev–Trinajstić information content (AvgIpc) is 3.95. The second-order valence-electron chi connectivity index (χ2n) is 17.2. The Hall–Kier alpha value is -5.75. The second kappa shape index (κ2) is 16.2. The minimum atomic E-state index is -4.66. The van der Waals surface area contributed by atoms with Crippen molar-refractivity contribution in [3.05, 3.63) is 106 Å². The number of rotatable bonds is 10. The van der Waals surface area contributed by atoms with Gasteiger partial charge in [0.1, 0.15) is 29.9 Å². The maximum atomic E-state index is 14.0. The molecule has 10 rings (SSSR count). The van der Waals surface area contributed by atoms with Gasteiger partial charge in [0.25, 0.3) is 21.6 Å². The largest absolute Gasteiger partial charge is 0.489 e. The molecule has 4 fully saturated rings. The summed E-state index contributed by atoms with van der Waals surface area (Å²) in [6.07, 6.45) is 9.80. The van der Waals surface area contributed by atoms with Crippen molar-refractivity contribution in [3.63, 3.8) is 0 Å². The van der Waals surface area contributed by atoms with Gasteiger partial charge in [-0.3, -0.25) is 19.8 Å². The number of nitro benzene ring substituents is 1. The Bertz CT molecular complexity index is 2630. The normalized spacial score (nSPS) is 22.7. The van der Waals surface area contributed by atoms with E-state index in [1.807, 2.05) is 6.07 Å².